The molecule has 1 aromatic rings. The maximum atomic E-state index is 8.55. The van der Waals surface area contributed by atoms with Crippen LogP contribution in [0.5, 0.6) is 0 Å². The van der Waals surface area contributed by atoms with Crippen LogP contribution in [0.15, 0.2) is 47.8 Å². The number of hydrogen-bond donors (Lipinski definition) is 1. The van der Waals surface area contributed by atoms with Crippen molar-refractivity contribution < 1.29 is 14.7 Å². The first-order valence-electron chi connectivity index (χ1n) is 4.44. The van der Waals surface area contributed by atoms with Crippen LogP contribution in [0.3, 0.4) is 0 Å². The smallest absolute Gasteiger partial charge is 0.427 e. The van der Waals surface area contributed by atoms with Crippen LogP contribution in [0.2, 0.25) is 0 Å². The molecule has 0 aromatic heterocycles. The molecule has 0 atom stereocenters. The van der Waals surface area contributed by atoms with Gasteiger partial charge >= 0.3 is 6.08 Å². The van der Waals surface area contributed by atoms with Crippen molar-refractivity contribution in [2.75, 3.05) is 0 Å². The molecular weight excluding hydrogens is 194 g/mol. The molecule has 80 valence electrons. The molecule has 1 N–H and O–H groups in total. The molecule has 0 radical (unpaired) electrons. The van der Waals surface area contributed by atoms with Gasteiger partial charge in [0, 0.05) is 0 Å². The minimum atomic E-state index is -0.202. The fourth-order valence-electron chi connectivity index (χ4n) is 0.947. The molecule has 0 heterocycles. The summed E-state index contributed by atoms with van der Waals surface area (Å²) in [4.78, 5) is 0. The second-order valence-electron chi connectivity index (χ2n) is 2.94. The number of ether oxygens (including phenoxy) is 2. The van der Waals surface area contributed by atoms with Gasteiger partial charge in [0.2, 0.25) is 0 Å². The lowest BCUT2D eigenvalue weighted by Crippen LogP contribution is -2.08. The van der Waals surface area contributed by atoms with Gasteiger partial charge in [-0.05, 0) is 17.6 Å². The van der Waals surface area contributed by atoms with E-state index in [0.717, 1.165) is 5.56 Å². The maximum Gasteiger partial charge on any atom is 0.427 e. The van der Waals surface area contributed by atoms with Crippen LogP contribution >= 0.6 is 0 Å². The summed E-state index contributed by atoms with van der Waals surface area (Å²) in [5.74, 6) is 0.399. The van der Waals surface area contributed by atoms with Gasteiger partial charge < -0.3 is 14.7 Å². The lowest BCUT2D eigenvalue weighted by atomic mass is 10.2. The highest BCUT2D eigenvalue weighted by Crippen LogP contribution is 2.03. The van der Waals surface area contributed by atoms with Gasteiger partial charge in [-0.1, -0.05) is 36.9 Å². The quantitative estimate of drug-likeness (QED) is 0.272. The van der Waals surface area contributed by atoms with Gasteiger partial charge in [-0.3, -0.25) is 0 Å². The lowest BCUT2D eigenvalue weighted by Gasteiger charge is -2.07. The minimum Gasteiger partial charge on any atom is -0.443 e. The van der Waals surface area contributed by atoms with Crippen LogP contribution in [0.1, 0.15) is 12.5 Å². The first kappa shape index (κ1) is 11.1. The third-order valence-electron chi connectivity index (χ3n) is 1.55. The second-order valence-corrected chi connectivity index (χ2v) is 2.94. The number of oxime groups is 1. The highest BCUT2D eigenvalue weighted by atomic mass is 16.7. The van der Waals surface area contributed by atoms with Crippen molar-refractivity contribution in [2.24, 2.45) is 5.16 Å². The van der Waals surface area contributed by atoms with Crippen molar-refractivity contribution in [3.63, 3.8) is 0 Å². The molecule has 0 unspecified atom stereocenters. The highest BCUT2D eigenvalue weighted by molar-refractivity contribution is 5.67. The van der Waals surface area contributed by atoms with Gasteiger partial charge in [0.1, 0.15) is 6.61 Å². The molecule has 15 heavy (non-hydrogen) atoms. The molecule has 4 nitrogen and oxygen atoms in total. The van der Waals surface area contributed by atoms with E-state index in [1.165, 1.54) is 0 Å². The Bertz CT molecular complexity index is 346. The largest absolute Gasteiger partial charge is 0.443 e. The zero-order chi connectivity index (χ0) is 11.1. The Morgan fingerprint density at radius 2 is 2.07 bits per heavy atom. The Morgan fingerprint density at radius 1 is 1.40 bits per heavy atom. The number of nitrogens with zero attached hydrogens (tertiary/aromatic N) is 1. The van der Waals surface area contributed by atoms with E-state index in [2.05, 4.69) is 11.7 Å². The summed E-state index contributed by atoms with van der Waals surface area (Å²) in [6.07, 6.45) is -0.202. The van der Waals surface area contributed by atoms with Crippen molar-refractivity contribution in [3.05, 3.63) is 48.2 Å². The van der Waals surface area contributed by atoms with E-state index in [-0.39, 0.29) is 12.7 Å². The molecule has 0 spiro atoms. The van der Waals surface area contributed by atoms with Gasteiger partial charge in [0.05, 0.1) is 5.76 Å². The van der Waals surface area contributed by atoms with Crippen molar-refractivity contribution in [1.29, 1.82) is 0 Å². The average Bonchev–Trinajstić information content (AvgIpc) is 2.25. The van der Waals surface area contributed by atoms with E-state index >= 15 is 0 Å². The van der Waals surface area contributed by atoms with E-state index in [9.17, 15) is 0 Å². The van der Waals surface area contributed by atoms with E-state index in [0.29, 0.717) is 5.76 Å². The molecule has 0 aliphatic carbocycles. The number of allylic oxidation sites excluding steroid dienone is 1. The van der Waals surface area contributed by atoms with Gasteiger partial charge in [0.15, 0.2) is 0 Å². The summed E-state index contributed by atoms with van der Waals surface area (Å²) < 4.78 is 10.0. The monoisotopic (exact) mass is 207 g/mol. The summed E-state index contributed by atoms with van der Waals surface area (Å²) >= 11 is 0. The zero-order valence-electron chi connectivity index (χ0n) is 8.51. The molecular formula is C11H13NO3. The Morgan fingerprint density at radius 3 is 2.60 bits per heavy atom. The van der Waals surface area contributed by atoms with E-state index in [1.807, 2.05) is 30.3 Å². The summed E-state index contributed by atoms with van der Waals surface area (Å²) in [7, 11) is 0. The Kier molecular flexibility index (Phi) is 4.22. The molecule has 0 bridgehead atoms. The number of rotatable bonds is 3. The summed E-state index contributed by atoms with van der Waals surface area (Å²) in [6.45, 7) is 5.42. The summed E-state index contributed by atoms with van der Waals surface area (Å²) in [5, 5.41) is 11.4. The van der Waals surface area contributed by atoms with Crippen LogP contribution in [0, 0.1) is 0 Å². The lowest BCUT2D eigenvalue weighted by molar-refractivity contribution is 0.164. The molecule has 4 heteroatoms. The predicted molar refractivity (Wildman–Crippen MR) is 56.4 cm³/mol. The summed E-state index contributed by atoms with van der Waals surface area (Å²) in [6, 6.07) is 9.50. The minimum absolute atomic E-state index is 0.202. The molecule has 1 rings (SSSR count). The van der Waals surface area contributed by atoms with Crippen LogP contribution < -0.4 is 0 Å². The SMILES string of the molecule is C=C(C)OC(=NO)OCc1ccccc1. The standard InChI is InChI=1S/C11H13NO3/c1-9(2)15-11(12-13)14-8-10-6-4-3-5-7-10/h3-7,13H,1,8H2,2H3. The van der Waals surface area contributed by atoms with Crippen molar-refractivity contribution in [2.45, 2.75) is 13.5 Å². The molecule has 0 saturated heterocycles. The Hall–Kier alpha value is -1.97. The first-order valence-corrected chi connectivity index (χ1v) is 4.44. The van der Waals surface area contributed by atoms with Gasteiger partial charge in [-0.15, -0.1) is 0 Å². The molecule has 1 aromatic carbocycles. The third kappa shape index (κ3) is 4.17. The van der Waals surface area contributed by atoms with Crippen molar-refractivity contribution in [3.8, 4) is 0 Å². The number of benzene rings is 1. The van der Waals surface area contributed by atoms with Gasteiger partial charge in [-0.25, -0.2) is 0 Å². The molecule has 0 aliphatic heterocycles. The van der Waals surface area contributed by atoms with Crippen LogP contribution in [-0.4, -0.2) is 11.3 Å². The van der Waals surface area contributed by atoms with Crippen LogP contribution in [0.4, 0.5) is 0 Å². The fourth-order valence-corrected chi connectivity index (χ4v) is 0.947. The van der Waals surface area contributed by atoms with Crippen molar-refractivity contribution >= 4 is 6.08 Å². The Balaban J connectivity index is 2.45. The highest BCUT2D eigenvalue weighted by Gasteiger charge is 2.03. The van der Waals surface area contributed by atoms with Gasteiger partial charge in [0.25, 0.3) is 0 Å². The maximum absolute atomic E-state index is 8.55. The van der Waals surface area contributed by atoms with Crippen molar-refractivity contribution in [1.82, 2.24) is 0 Å². The molecule has 0 aliphatic rings. The van der Waals surface area contributed by atoms with Crippen LogP contribution in [0.25, 0.3) is 0 Å². The normalized spacial score (nSPS) is 10.9. The molecule has 0 saturated carbocycles. The molecule has 0 fully saturated rings. The average molecular weight is 207 g/mol. The molecule has 0 amide bonds. The van der Waals surface area contributed by atoms with Gasteiger partial charge in [-0.2, -0.15) is 0 Å². The number of hydrogen-bond acceptors (Lipinski definition) is 4. The Labute approximate surface area is 88.4 Å². The second kappa shape index (κ2) is 5.70. The van der Waals surface area contributed by atoms with E-state index < -0.39 is 0 Å². The van der Waals surface area contributed by atoms with Crippen LogP contribution in [-0.2, 0) is 16.1 Å². The summed E-state index contributed by atoms with van der Waals surface area (Å²) in [5.41, 5.74) is 0.962. The third-order valence-corrected chi connectivity index (χ3v) is 1.55. The van der Waals surface area contributed by atoms with E-state index in [4.69, 9.17) is 14.7 Å². The fraction of sp³-hybridized carbons (Fsp3) is 0.182. The first-order chi connectivity index (χ1) is 7.22. The topological polar surface area (TPSA) is 51.0 Å². The van der Waals surface area contributed by atoms with E-state index in [1.54, 1.807) is 6.92 Å². The predicted octanol–water partition coefficient (Wildman–Crippen LogP) is 2.50. The zero-order valence-corrected chi connectivity index (χ0v) is 8.51.